The Hall–Kier alpha value is -1.80. The molecule has 1 aromatic rings. The first-order chi connectivity index (χ1) is 11.5. The number of ketones is 1. The topological polar surface area (TPSA) is 98.5 Å². The van der Waals surface area contributed by atoms with Gasteiger partial charge < -0.3 is 10.5 Å². The second-order valence-corrected chi connectivity index (χ2v) is 7.42. The van der Waals surface area contributed by atoms with E-state index in [1.807, 2.05) is 0 Å². The highest BCUT2D eigenvalue weighted by molar-refractivity contribution is 9.10. The fourth-order valence-corrected chi connectivity index (χ4v) is 2.36. The average molecular weight is 417 g/mol. The molecule has 0 saturated heterocycles. The van der Waals surface area contributed by atoms with E-state index in [9.17, 15) is 18.8 Å². The lowest BCUT2D eigenvalue weighted by Gasteiger charge is -2.20. The van der Waals surface area contributed by atoms with Crippen molar-refractivity contribution in [3.63, 3.8) is 0 Å². The summed E-state index contributed by atoms with van der Waals surface area (Å²) in [5, 5.41) is 2.67. The van der Waals surface area contributed by atoms with Gasteiger partial charge in [-0.05, 0) is 45.4 Å². The Morgan fingerprint density at radius 2 is 1.96 bits per heavy atom. The summed E-state index contributed by atoms with van der Waals surface area (Å²) in [7, 11) is 0. The lowest BCUT2D eigenvalue weighted by Crippen LogP contribution is -2.44. The van der Waals surface area contributed by atoms with Crippen molar-refractivity contribution in [2.24, 2.45) is 5.73 Å². The van der Waals surface area contributed by atoms with Gasteiger partial charge in [-0.15, -0.1) is 0 Å². The zero-order valence-corrected chi connectivity index (χ0v) is 16.0. The summed E-state index contributed by atoms with van der Waals surface area (Å²) in [5.74, 6) is -2.35. The molecule has 8 heteroatoms. The zero-order chi connectivity index (χ0) is 19.2. The Bertz CT molecular complexity index is 659. The minimum Gasteiger partial charge on any atom is -0.460 e. The maximum Gasteiger partial charge on any atom is 0.306 e. The summed E-state index contributed by atoms with van der Waals surface area (Å²) in [4.78, 5) is 35.2. The summed E-state index contributed by atoms with van der Waals surface area (Å²) >= 11 is 3.11. The Morgan fingerprint density at radius 1 is 1.32 bits per heavy atom. The molecule has 0 aliphatic heterocycles. The van der Waals surface area contributed by atoms with Crippen LogP contribution in [0.2, 0.25) is 0 Å². The van der Waals surface area contributed by atoms with E-state index >= 15 is 0 Å². The average Bonchev–Trinajstić information content (AvgIpc) is 2.44. The first-order valence-corrected chi connectivity index (χ1v) is 8.51. The summed E-state index contributed by atoms with van der Waals surface area (Å²) in [6, 6.07) is 3.18. The van der Waals surface area contributed by atoms with Crippen LogP contribution in [0.25, 0.3) is 0 Å². The molecule has 6 nitrogen and oxygen atoms in total. The van der Waals surface area contributed by atoms with E-state index in [1.54, 1.807) is 26.8 Å². The van der Waals surface area contributed by atoms with Crippen molar-refractivity contribution in [2.45, 2.75) is 45.3 Å². The van der Waals surface area contributed by atoms with E-state index in [-0.39, 0.29) is 24.9 Å². The normalized spacial score (nSPS) is 12.5. The third-order valence-corrected chi connectivity index (χ3v) is 3.63. The number of hydrogen-bond acceptors (Lipinski definition) is 5. The number of benzene rings is 1. The summed E-state index contributed by atoms with van der Waals surface area (Å²) in [5.41, 5.74) is 4.56. The van der Waals surface area contributed by atoms with Gasteiger partial charge in [0.05, 0.1) is 18.2 Å². The molecule has 138 valence electrons. The molecule has 0 heterocycles. The van der Waals surface area contributed by atoms with Crippen molar-refractivity contribution in [1.29, 1.82) is 0 Å². The van der Waals surface area contributed by atoms with Crippen molar-refractivity contribution in [2.75, 3.05) is 6.54 Å². The maximum atomic E-state index is 13.8. The smallest absolute Gasteiger partial charge is 0.306 e. The van der Waals surface area contributed by atoms with Crippen molar-refractivity contribution in [3.05, 3.63) is 34.1 Å². The van der Waals surface area contributed by atoms with E-state index in [0.717, 1.165) is 0 Å². The molecule has 1 atom stereocenters. The highest BCUT2D eigenvalue weighted by Crippen LogP contribution is 2.16. The molecule has 3 N–H and O–H groups in total. The van der Waals surface area contributed by atoms with Crippen LogP contribution in [0.3, 0.4) is 0 Å². The molecule has 1 rings (SSSR count). The van der Waals surface area contributed by atoms with Crippen molar-refractivity contribution < 1.29 is 23.5 Å². The Kier molecular flexibility index (Phi) is 7.69. The second kappa shape index (κ2) is 9.05. The minimum atomic E-state index is -0.894. The van der Waals surface area contributed by atoms with Crippen molar-refractivity contribution in [3.8, 4) is 0 Å². The number of nitrogens with two attached hydrogens (primary N) is 1. The van der Waals surface area contributed by atoms with E-state index in [1.165, 1.54) is 12.1 Å². The third kappa shape index (κ3) is 7.74. The number of ether oxygens (including phenoxy) is 1. The van der Waals surface area contributed by atoms with Gasteiger partial charge in [-0.25, -0.2) is 4.39 Å². The van der Waals surface area contributed by atoms with Gasteiger partial charge in [0.2, 0.25) is 5.91 Å². The number of carbonyl (C=O) groups is 3. The lowest BCUT2D eigenvalue weighted by atomic mass is 10.1. The van der Waals surface area contributed by atoms with Crippen LogP contribution in [0, 0.1) is 5.82 Å². The predicted octanol–water partition coefficient (Wildman–Crippen LogP) is 2.34. The molecule has 0 radical (unpaired) electrons. The number of nitrogens with one attached hydrogen (secondary N) is 1. The highest BCUT2D eigenvalue weighted by Gasteiger charge is 2.22. The third-order valence-electron chi connectivity index (χ3n) is 3.14. The quantitative estimate of drug-likeness (QED) is 0.500. The number of primary amides is 1. The van der Waals surface area contributed by atoms with Crippen LogP contribution >= 0.6 is 15.9 Å². The summed E-state index contributed by atoms with van der Waals surface area (Å²) < 4.78 is 19.4. The van der Waals surface area contributed by atoms with Gasteiger partial charge in [-0.2, -0.15) is 0 Å². The van der Waals surface area contributed by atoms with Crippen LogP contribution < -0.4 is 11.1 Å². The molecule has 1 unspecified atom stereocenters. The number of hydrogen-bond donors (Lipinski definition) is 2. The summed E-state index contributed by atoms with van der Waals surface area (Å²) in [6.45, 7) is 4.93. The van der Waals surface area contributed by atoms with Crippen molar-refractivity contribution in [1.82, 2.24) is 5.32 Å². The molecular weight excluding hydrogens is 395 g/mol. The molecule has 0 aliphatic carbocycles. The van der Waals surface area contributed by atoms with Crippen LogP contribution in [-0.4, -0.2) is 35.8 Å². The molecule has 0 bridgehead atoms. The SMILES string of the molecule is CC(C)(C)OC(=O)CCC(NCC(=O)c1ccc(Br)cc1F)C(N)=O. The number of amides is 1. The van der Waals surface area contributed by atoms with E-state index < -0.39 is 35.1 Å². The van der Waals surface area contributed by atoms with Gasteiger partial charge in [0, 0.05) is 10.9 Å². The molecule has 1 amide bonds. The summed E-state index contributed by atoms with van der Waals surface area (Å²) in [6.07, 6.45) is 0.0546. The van der Waals surface area contributed by atoms with Crippen LogP contribution in [0.15, 0.2) is 22.7 Å². The Balaban J connectivity index is 2.59. The predicted molar refractivity (Wildman–Crippen MR) is 94.5 cm³/mol. The van der Waals surface area contributed by atoms with Gasteiger partial charge >= 0.3 is 5.97 Å². The number of esters is 1. The van der Waals surface area contributed by atoms with E-state index in [2.05, 4.69) is 21.2 Å². The molecule has 1 aromatic carbocycles. The maximum absolute atomic E-state index is 13.8. The minimum absolute atomic E-state index is 0.0291. The van der Waals surface area contributed by atoms with E-state index in [0.29, 0.717) is 4.47 Å². The first kappa shape index (κ1) is 21.2. The molecule has 0 saturated carbocycles. The van der Waals surface area contributed by atoms with Gasteiger partial charge in [-0.3, -0.25) is 19.7 Å². The lowest BCUT2D eigenvalue weighted by molar-refractivity contribution is -0.155. The van der Waals surface area contributed by atoms with Crippen LogP contribution in [-0.2, 0) is 14.3 Å². The fraction of sp³-hybridized carbons (Fsp3) is 0.471. The molecule has 0 fully saturated rings. The zero-order valence-electron chi connectivity index (χ0n) is 14.4. The van der Waals surface area contributed by atoms with Crippen LogP contribution in [0.4, 0.5) is 4.39 Å². The monoisotopic (exact) mass is 416 g/mol. The fourth-order valence-electron chi connectivity index (χ4n) is 2.03. The molecule has 0 spiro atoms. The highest BCUT2D eigenvalue weighted by atomic mass is 79.9. The molecular formula is C17H22BrFN2O4. The first-order valence-electron chi connectivity index (χ1n) is 7.72. The Labute approximate surface area is 154 Å². The van der Waals surface area contributed by atoms with Crippen molar-refractivity contribution >= 4 is 33.6 Å². The van der Waals surface area contributed by atoms with Gasteiger partial charge in [0.1, 0.15) is 11.4 Å². The number of carbonyl (C=O) groups excluding carboxylic acids is 3. The second-order valence-electron chi connectivity index (χ2n) is 6.51. The van der Waals surface area contributed by atoms with Crippen LogP contribution in [0.5, 0.6) is 0 Å². The molecule has 0 aliphatic rings. The standard InChI is InChI=1S/C17H22BrFN2O4/c1-17(2,3)25-15(23)7-6-13(16(20)24)21-9-14(22)11-5-4-10(18)8-12(11)19/h4-5,8,13,21H,6-7,9H2,1-3H3,(H2,20,24). The number of halogens is 2. The van der Waals surface area contributed by atoms with Gasteiger partial charge in [-0.1, -0.05) is 15.9 Å². The molecule has 0 aromatic heterocycles. The Morgan fingerprint density at radius 3 is 2.48 bits per heavy atom. The van der Waals surface area contributed by atoms with Crippen LogP contribution in [0.1, 0.15) is 44.0 Å². The van der Waals surface area contributed by atoms with E-state index in [4.69, 9.17) is 10.5 Å². The van der Waals surface area contributed by atoms with Gasteiger partial charge in [0.25, 0.3) is 0 Å². The van der Waals surface area contributed by atoms with Gasteiger partial charge in [0.15, 0.2) is 5.78 Å². The number of Topliss-reactive ketones (excluding diaryl/α,β-unsaturated/α-hetero) is 1. The number of rotatable bonds is 8. The molecule has 25 heavy (non-hydrogen) atoms. The largest absolute Gasteiger partial charge is 0.460 e.